The number of benzene rings is 1. The van der Waals surface area contributed by atoms with Crippen LogP contribution in [0.1, 0.15) is 6.92 Å². The van der Waals surface area contributed by atoms with Gasteiger partial charge in [-0.3, -0.25) is 4.21 Å². The minimum absolute atomic E-state index is 0.122. The van der Waals surface area contributed by atoms with Crippen molar-refractivity contribution >= 4 is 30.8 Å². The Labute approximate surface area is 121 Å². The Morgan fingerprint density at radius 2 is 1.70 bits per heavy atom. The Balaban J connectivity index is 3.21. The molecule has 10 heteroatoms. The second-order valence-electron chi connectivity index (χ2n) is 4.25. The average molecular weight is 340 g/mol. The van der Waals surface area contributed by atoms with Gasteiger partial charge in [0.15, 0.2) is 0 Å². The number of hydrogen-bond acceptors (Lipinski definition) is 5. The number of nitrogens with two attached hydrogens (primary N) is 1. The van der Waals surface area contributed by atoms with E-state index in [-0.39, 0.29) is 5.75 Å². The zero-order valence-corrected chi connectivity index (χ0v) is 13.4. The Morgan fingerprint density at radius 1 is 1.20 bits per heavy atom. The number of primary sulfonamides is 1. The third-order valence-corrected chi connectivity index (χ3v) is 6.00. The summed E-state index contributed by atoms with van der Waals surface area (Å²) < 4.78 is 60.5. The van der Waals surface area contributed by atoms with E-state index in [1.165, 1.54) is 18.4 Å². The Kier molecular flexibility index (Phi) is 5.44. The maximum absolute atomic E-state index is 12.2. The van der Waals surface area contributed by atoms with Gasteiger partial charge in [0.25, 0.3) is 0 Å². The van der Waals surface area contributed by atoms with E-state index in [4.69, 9.17) is 5.14 Å². The fourth-order valence-electron chi connectivity index (χ4n) is 1.62. The lowest BCUT2D eigenvalue weighted by Crippen LogP contribution is -2.37. The van der Waals surface area contributed by atoms with Crippen LogP contribution in [-0.2, 0) is 30.8 Å². The molecule has 0 saturated heterocycles. The molecule has 0 heterocycles. The zero-order valence-electron chi connectivity index (χ0n) is 10.9. The van der Waals surface area contributed by atoms with E-state index < -0.39 is 46.7 Å². The summed E-state index contributed by atoms with van der Waals surface area (Å²) in [6.07, 6.45) is 1.45. The van der Waals surface area contributed by atoms with Gasteiger partial charge >= 0.3 is 0 Å². The summed E-state index contributed by atoms with van der Waals surface area (Å²) in [7, 11) is -9.40. The third-order valence-electron chi connectivity index (χ3n) is 2.29. The molecule has 3 N–H and O–H groups in total. The van der Waals surface area contributed by atoms with Gasteiger partial charge in [0.1, 0.15) is 9.79 Å². The van der Waals surface area contributed by atoms with Crippen molar-refractivity contribution in [1.29, 1.82) is 0 Å². The van der Waals surface area contributed by atoms with Crippen molar-refractivity contribution in [2.45, 2.75) is 22.8 Å². The van der Waals surface area contributed by atoms with Crippen LogP contribution >= 0.6 is 0 Å². The van der Waals surface area contributed by atoms with Crippen molar-refractivity contribution < 1.29 is 21.0 Å². The van der Waals surface area contributed by atoms with E-state index in [1.807, 2.05) is 0 Å². The molecule has 0 spiro atoms. The topological polar surface area (TPSA) is 123 Å². The highest BCUT2D eigenvalue weighted by Gasteiger charge is 2.25. The number of hydrogen-bond donors (Lipinski definition) is 2. The molecule has 1 aromatic carbocycles. The second kappa shape index (κ2) is 6.31. The molecule has 0 fully saturated rings. The lowest BCUT2D eigenvalue weighted by molar-refractivity contribution is 0.563. The number of nitrogens with one attached hydrogen (secondary N) is 1. The monoisotopic (exact) mass is 340 g/mol. The molecule has 0 amide bonds. The smallest absolute Gasteiger partial charge is 0.242 e. The van der Waals surface area contributed by atoms with Gasteiger partial charge in [-0.05, 0) is 19.1 Å². The molecule has 0 aliphatic carbocycles. The molecule has 0 aromatic heterocycles. The van der Waals surface area contributed by atoms with Crippen molar-refractivity contribution in [2.75, 3.05) is 12.0 Å². The largest absolute Gasteiger partial charge is 0.260 e. The zero-order chi connectivity index (χ0) is 15.6. The summed E-state index contributed by atoms with van der Waals surface area (Å²) in [5.74, 6) is 0.122. The summed E-state index contributed by atoms with van der Waals surface area (Å²) in [5.41, 5.74) is 0. The molecule has 0 bridgehead atoms. The molecule has 1 rings (SSSR count). The first kappa shape index (κ1) is 17.2. The van der Waals surface area contributed by atoms with Crippen LogP contribution in [0.15, 0.2) is 34.1 Å². The van der Waals surface area contributed by atoms with Gasteiger partial charge in [-0.1, -0.05) is 12.1 Å². The third kappa shape index (κ3) is 4.63. The maximum Gasteiger partial charge on any atom is 0.242 e. The molecule has 1 aromatic rings. The van der Waals surface area contributed by atoms with Crippen molar-refractivity contribution in [3.63, 3.8) is 0 Å². The van der Waals surface area contributed by atoms with Gasteiger partial charge < -0.3 is 0 Å². The minimum Gasteiger partial charge on any atom is -0.260 e. The highest BCUT2D eigenvalue weighted by atomic mass is 32.2. The molecule has 0 aliphatic rings. The lowest BCUT2D eigenvalue weighted by atomic mass is 10.4. The summed E-state index contributed by atoms with van der Waals surface area (Å²) >= 11 is 0. The fraction of sp³-hybridized carbons (Fsp3) is 0.400. The Morgan fingerprint density at radius 3 is 2.15 bits per heavy atom. The van der Waals surface area contributed by atoms with E-state index >= 15 is 0 Å². The first-order valence-corrected chi connectivity index (χ1v) is 10.2. The number of rotatable bonds is 6. The van der Waals surface area contributed by atoms with Gasteiger partial charge in [0.05, 0.1) is 0 Å². The molecular formula is C10H16N2O5S3. The molecule has 7 nitrogen and oxygen atoms in total. The van der Waals surface area contributed by atoms with Crippen LogP contribution in [-0.4, -0.2) is 39.1 Å². The van der Waals surface area contributed by atoms with Crippen molar-refractivity contribution in [3.8, 4) is 0 Å². The molecule has 0 radical (unpaired) electrons. The van der Waals surface area contributed by atoms with Crippen LogP contribution in [0, 0.1) is 0 Å². The minimum atomic E-state index is -4.15. The predicted octanol–water partition coefficient (Wildman–Crippen LogP) is -0.621. The van der Waals surface area contributed by atoms with E-state index in [9.17, 15) is 21.0 Å². The predicted molar refractivity (Wildman–Crippen MR) is 76.5 cm³/mol. The highest BCUT2D eigenvalue weighted by Crippen LogP contribution is 2.19. The molecule has 2 unspecified atom stereocenters. The van der Waals surface area contributed by atoms with E-state index in [2.05, 4.69) is 4.72 Å². The normalized spacial score (nSPS) is 15.8. The van der Waals surface area contributed by atoms with Crippen molar-refractivity contribution in [3.05, 3.63) is 24.3 Å². The van der Waals surface area contributed by atoms with E-state index in [0.717, 1.165) is 12.1 Å². The standard InChI is InChI=1S/C10H16N2O5S3/c1-8(7-18(2)13)12-20(16,17)10-6-4-3-5-9(10)19(11,14)15/h3-6,8,12H,7H2,1-2H3,(H2,11,14,15). The SMILES string of the molecule is CC(CS(C)=O)NS(=O)(=O)c1ccccc1S(N)(=O)=O. The fourth-order valence-corrected chi connectivity index (χ4v) is 5.14. The highest BCUT2D eigenvalue weighted by molar-refractivity contribution is 7.92. The molecule has 20 heavy (non-hydrogen) atoms. The van der Waals surface area contributed by atoms with Crippen molar-refractivity contribution in [2.24, 2.45) is 5.14 Å². The quantitative estimate of drug-likeness (QED) is 0.714. The van der Waals surface area contributed by atoms with Gasteiger partial charge in [0.2, 0.25) is 20.0 Å². The van der Waals surface area contributed by atoms with Gasteiger partial charge in [0, 0.05) is 28.9 Å². The summed E-state index contributed by atoms with van der Waals surface area (Å²) in [6.45, 7) is 1.54. The maximum atomic E-state index is 12.2. The molecule has 0 saturated carbocycles. The molecular weight excluding hydrogens is 324 g/mol. The summed E-state index contributed by atoms with van der Waals surface area (Å²) in [6, 6.07) is 4.44. The second-order valence-corrected chi connectivity index (χ2v) is 8.95. The van der Waals surface area contributed by atoms with E-state index in [1.54, 1.807) is 6.92 Å². The first-order valence-electron chi connectivity index (χ1n) is 5.48. The summed E-state index contributed by atoms with van der Waals surface area (Å²) in [4.78, 5) is -0.895. The summed E-state index contributed by atoms with van der Waals surface area (Å²) in [5, 5.41) is 5.00. The van der Waals surface area contributed by atoms with Crippen LogP contribution in [0.2, 0.25) is 0 Å². The van der Waals surface area contributed by atoms with Gasteiger partial charge in [-0.2, -0.15) is 0 Å². The molecule has 114 valence electrons. The Hall–Kier alpha value is -0.810. The van der Waals surface area contributed by atoms with Crippen LogP contribution in [0.25, 0.3) is 0 Å². The van der Waals surface area contributed by atoms with Gasteiger partial charge in [-0.25, -0.2) is 26.7 Å². The van der Waals surface area contributed by atoms with Crippen LogP contribution in [0.4, 0.5) is 0 Å². The van der Waals surface area contributed by atoms with Crippen LogP contribution < -0.4 is 9.86 Å². The Bertz CT molecular complexity index is 712. The van der Waals surface area contributed by atoms with Gasteiger partial charge in [-0.15, -0.1) is 0 Å². The number of sulfonamides is 2. The van der Waals surface area contributed by atoms with E-state index in [0.29, 0.717) is 0 Å². The molecule has 2 atom stereocenters. The first-order chi connectivity index (χ1) is 9.04. The lowest BCUT2D eigenvalue weighted by Gasteiger charge is -2.14. The molecule has 0 aliphatic heterocycles. The van der Waals surface area contributed by atoms with Crippen molar-refractivity contribution in [1.82, 2.24) is 4.72 Å². The van der Waals surface area contributed by atoms with Crippen LogP contribution in [0.5, 0.6) is 0 Å². The van der Waals surface area contributed by atoms with Crippen LogP contribution in [0.3, 0.4) is 0 Å². The average Bonchev–Trinajstić information content (AvgIpc) is 2.25.